The van der Waals surface area contributed by atoms with E-state index in [0.717, 1.165) is 24.3 Å². The Morgan fingerprint density at radius 1 is 1.00 bits per heavy atom. The van der Waals surface area contributed by atoms with Crippen LogP contribution in [0, 0.1) is 0 Å². The van der Waals surface area contributed by atoms with Crippen LogP contribution in [0.4, 0.5) is 26.3 Å². The van der Waals surface area contributed by atoms with Gasteiger partial charge in [0.25, 0.3) is 0 Å². The maximum absolute atomic E-state index is 13.5. The third-order valence-corrected chi connectivity index (χ3v) is 8.29. The Kier molecular flexibility index (Phi) is 4.16. The molecular formula is C10H11BF6N2O3S2. The number of quaternary nitrogens is 1. The van der Waals surface area contributed by atoms with Gasteiger partial charge in [-0.1, -0.05) is 18.2 Å². The number of benzene rings is 1. The van der Waals surface area contributed by atoms with E-state index in [2.05, 4.69) is 0 Å². The Labute approximate surface area is 136 Å². The molecule has 0 spiro atoms. The molecule has 0 radical (unpaired) electrons. The van der Waals surface area contributed by atoms with Crippen LogP contribution in [0.5, 0.6) is 0 Å². The minimum absolute atomic E-state index is 0.439. The average Bonchev–Trinajstić information content (AvgIpc) is 2.41. The van der Waals surface area contributed by atoms with Gasteiger partial charge in [0.15, 0.2) is 0 Å². The number of halogens is 6. The number of hydrogen-bond donors (Lipinski definition) is 0. The van der Waals surface area contributed by atoms with Crippen LogP contribution < -0.4 is 0 Å². The van der Waals surface area contributed by atoms with Crippen molar-refractivity contribution in [3.05, 3.63) is 30.3 Å². The predicted octanol–water partition coefficient (Wildman–Crippen LogP) is 1.99. The second-order valence-corrected chi connectivity index (χ2v) is 9.44. The van der Waals surface area contributed by atoms with Gasteiger partial charge in [-0.25, -0.2) is 34.8 Å². The first kappa shape index (κ1) is 19.2. The minimum Gasteiger partial charge on any atom is -0.392 e. The summed E-state index contributed by atoms with van der Waals surface area (Å²) >= 11 is -3.10. The molecule has 1 aliphatic heterocycles. The molecule has 1 fully saturated rings. The van der Waals surface area contributed by atoms with Crippen LogP contribution in [0.1, 0.15) is 0 Å². The summed E-state index contributed by atoms with van der Waals surface area (Å²) in [6.45, 7) is 0. The van der Waals surface area contributed by atoms with Gasteiger partial charge in [-0.2, -0.15) is 7.83 Å². The van der Waals surface area contributed by atoms with E-state index >= 15 is 0 Å². The van der Waals surface area contributed by atoms with Crippen LogP contribution in [-0.2, 0) is 21.2 Å². The summed E-state index contributed by atoms with van der Waals surface area (Å²) in [5.41, 5.74) is 0. The Bertz CT molecular complexity index is 764. The molecule has 2 rings (SSSR count). The summed E-state index contributed by atoms with van der Waals surface area (Å²) in [6.07, 6.45) is -17.7. The molecule has 24 heavy (non-hydrogen) atoms. The fraction of sp³-hybridized carbons (Fsp3) is 0.400. The van der Waals surface area contributed by atoms with Gasteiger partial charge in [0.1, 0.15) is 0 Å². The molecule has 14 heteroatoms. The summed E-state index contributed by atoms with van der Waals surface area (Å²) in [5.74, 6) is 0. The highest BCUT2D eigenvalue weighted by atomic mass is 32.3. The standard InChI is InChI=1S/C10H11BF6N2O3S2/c1-19(2)11(9(12,13)14,10(15,16)17)18(23(19)20)24(21,22)8-6-4-3-5-7-8/h3-7H,1-2H3. The van der Waals surface area contributed by atoms with E-state index in [1.165, 1.54) is 6.07 Å². The lowest BCUT2D eigenvalue weighted by atomic mass is 9.43. The van der Waals surface area contributed by atoms with Crippen LogP contribution in [0.25, 0.3) is 0 Å². The van der Waals surface area contributed by atoms with E-state index in [1.54, 1.807) is 0 Å². The van der Waals surface area contributed by atoms with Crippen molar-refractivity contribution in [3.63, 3.8) is 0 Å². The molecule has 1 atom stereocenters. The Morgan fingerprint density at radius 2 is 1.42 bits per heavy atom. The highest BCUT2D eigenvalue weighted by molar-refractivity contribution is 8.03. The van der Waals surface area contributed by atoms with Crippen molar-refractivity contribution in [1.29, 1.82) is 0 Å². The molecule has 1 aliphatic rings. The first-order valence-corrected chi connectivity index (χ1v) is 8.79. The summed E-state index contributed by atoms with van der Waals surface area (Å²) < 4.78 is 115. The van der Waals surface area contributed by atoms with E-state index < -0.39 is 52.1 Å². The maximum atomic E-state index is 13.5. The third kappa shape index (κ3) is 2.16. The summed E-state index contributed by atoms with van der Waals surface area (Å²) in [7, 11) is -4.41. The minimum atomic E-state index is -5.99. The molecule has 1 unspecified atom stereocenters. The summed E-state index contributed by atoms with van der Waals surface area (Å²) in [4.78, 5) is -0.808. The number of nitrogens with zero attached hydrogens (tertiary/aromatic N) is 2. The smallest absolute Gasteiger partial charge is 0.392 e. The summed E-state index contributed by atoms with van der Waals surface area (Å²) in [6, 6.07) is 5.26. The number of rotatable bonds is 2. The monoisotopic (exact) mass is 396 g/mol. The van der Waals surface area contributed by atoms with Gasteiger partial charge in [-0.05, 0) is 12.1 Å². The van der Waals surface area contributed by atoms with Crippen molar-refractivity contribution in [3.8, 4) is 0 Å². The number of alkyl halides is 6. The number of sulfonamides is 1. The average molecular weight is 396 g/mol. The second kappa shape index (κ2) is 5.19. The molecule has 0 saturated carbocycles. The van der Waals surface area contributed by atoms with Crippen molar-refractivity contribution in [2.75, 3.05) is 14.1 Å². The first-order valence-electron chi connectivity index (χ1n) is 6.28. The van der Waals surface area contributed by atoms with Gasteiger partial charge in [0.05, 0.1) is 4.90 Å². The zero-order valence-electron chi connectivity index (χ0n) is 12.2. The van der Waals surface area contributed by atoms with Crippen molar-refractivity contribution in [1.82, 2.24) is 3.62 Å². The molecule has 1 heterocycles. The van der Waals surface area contributed by atoms with Crippen molar-refractivity contribution in [2.45, 2.75) is 17.0 Å². The second-order valence-electron chi connectivity index (χ2n) is 5.60. The van der Waals surface area contributed by atoms with Crippen molar-refractivity contribution >= 4 is 27.6 Å². The first-order chi connectivity index (χ1) is 10.6. The normalized spacial score (nSPS) is 24.4. The van der Waals surface area contributed by atoms with Crippen molar-refractivity contribution in [2.24, 2.45) is 0 Å². The molecule has 0 N–H and O–H groups in total. The molecule has 0 bridgehead atoms. The fourth-order valence-electron chi connectivity index (χ4n) is 2.76. The molecule has 5 nitrogen and oxygen atoms in total. The van der Waals surface area contributed by atoms with Crippen LogP contribution in [0.3, 0.4) is 0 Å². The van der Waals surface area contributed by atoms with E-state index in [9.17, 15) is 39.0 Å². The maximum Gasteiger partial charge on any atom is 0.526 e. The third-order valence-electron chi connectivity index (χ3n) is 3.95. The lowest BCUT2D eigenvalue weighted by molar-refractivity contribution is -0.688. The molecule has 136 valence electrons. The van der Waals surface area contributed by atoms with Gasteiger partial charge in [-0.3, -0.25) is 0 Å². The van der Waals surface area contributed by atoms with Crippen LogP contribution >= 0.6 is 0 Å². The quantitative estimate of drug-likeness (QED) is 0.568. The Hall–Kier alpha value is -1.12. The fourth-order valence-corrected chi connectivity index (χ4v) is 7.46. The molecule has 1 aromatic rings. The van der Waals surface area contributed by atoms with Gasteiger partial charge >= 0.3 is 18.6 Å². The lowest BCUT2D eigenvalue weighted by Gasteiger charge is -2.65. The topological polar surface area (TPSA) is 54.5 Å². The van der Waals surface area contributed by atoms with E-state index in [4.69, 9.17) is 0 Å². The van der Waals surface area contributed by atoms with Gasteiger partial charge < -0.3 is 3.80 Å². The van der Waals surface area contributed by atoms with E-state index in [0.29, 0.717) is 14.1 Å². The van der Waals surface area contributed by atoms with Gasteiger partial charge in [0, 0.05) is 14.1 Å². The molecule has 0 aliphatic carbocycles. The highest BCUT2D eigenvalue weighted by Gasteiger charge is 2.91. The van der Waals surface area contributed by atoms with Crippen LogP contribution in [0.15, 0.2) is 35.2 Å². The van der Waals surface area contributed by atoms with Gasteiger partial charge in [-0.15, -0.1) is 0 Å². The summed E-state index contributed by atoms with van der Waals surface area (Å²) in [5, 5.41) is 0. The molecule has 1 aromatic carbocycles. The highest BCUT2D eigenvalue weighted by Crippen LogP contribution is 2.57. The van der Waals surface area contributed by atoms with Crippen LogP contribution in [0.2, 0.25) is 0 Å². The number of hydrogen-bond acceptors (Lipinski definition) is 3. The lowest BCUT2D eigenvalue weighted by Crippen LogP contribution is -2.96. The Balaban J connectivity index is 2.81. The molecule has 1 saturated heterocycles. The van der Waals surface area contributed by atoms with Crippen molar-refractivity contribution < 1.29 is 42.8 Å². The van der Waals surface area contributed by atoms with E-state index in [-0.39, 0.29) is 0 Å². The SMILES string of the molecule is C[N+]1(C)S(=O)N(S(=O)(=O)c2ccccc2)[B-]1(C(F)(F)F)C(F)(F)F. The van der Waals surface area contributed by atoms with Crippen LogP contribution in [-0.4, -0.2) is 52.7 Å². The zero-order chi connectivity index (χ0) is 18.8. The predicted molar refractivity (Wildman–Crippen MR) is 73.6 cm³/mol. The molecular weight excluding hydrogens is 385 g/mol. The molecule has 0 aromatic heterocycles. The van der Waals surface area contributed by atoms with E-state index in [1.807, 2.05) is 0 Å². The largest absolute Gasteiger partial charge is 0.526 e. The van der Waals surface area contributed by atoms with Gasteiger partial charge in [0.2, 0.25) is 21.2 Å². The zero-order valence-corrected chi connectivity index (χ0v) is 13.8. The Morgan fingerprint density at radius 3 is 1.79 bits per heavy atom. The molecule has 0 amide bonds.